The van der Waals surface area contributed by atoms with Gasteiger partial charge in [0.05, 0.1) is 0 Å². The van der Waals surface area contributed by atoms with Crippen molar-refractivity contribution in [2.24, 2.45) is 0 Å². The summed E-state index contributed by atoms with van der Waals surface area (Å²) in [7, 11) is 1.51. The van der Waals surface area contributed by atoms with Crippen molar-refractivity contribution >= 4 is 29.1 Å². The first-order valence-corrected chi connectivity index (χ1v) is 6.30. The van der Waals surface area contributed by atoms with Crippen molar-refractivity contribution in [1.29, 1.82) is 0 Å². The third kappa shape index (κ3) is 3.49. The van der Waals surface area contributed by atoms with Crippen LogP contribution in [0.15, 0.2) is 12.7 Å². The summed E-state index contributed by atoms with van der Waals surface area (Å²) in [5.74, 6) is 0. The van der Waals surface area contributed by atoms with Gasteiger partial charge in [-0.25, -0.2) is 0 Å². The fourth-order valence-corrected chi connectivity index (χ4v) is 1.41. The van der Waals surface area contributed by atoms with Crippen LogP contribution in [0.2, 0.25) is 6.04 Å². The average Bonchev–Trinajstić information content (AvgIpc) is 1.67. The Hall–Kier alpha value is 0.497. The molecule has 0 aliphatic rings. The molecule has 0 saturated carbocycles. The maximum Gasteiger partial charge on any atom is 0.393 e. The second kappa shape index (κ2) is 3.51. The van der Waals surface area contributed by atoms with Crippen molar-refractivity contribution in [2.45, 2.75) is 6.04 Å². The molecule has 0 rings (SSSR count). The van der Waals surface area contributed by atoms with Crippen molar-refractivity contribution in [3.05, 3.63) is 12.7 Å². The number of allylic oxidation sites excluding steroid dienone is 1. The van der Waals surface area contributed by atoms with E-state index < -0.39 is 6.94 Å². The minimum atomic E-state index is -2.35. The van der Waals surface area contributed by atoms with Crippen LogP contribution in [0.4, 0.5) is 0 Å². The van der Waals surface area contributed by atoms with E-state index in [9.17, 15) is 0 Å². The van der Waals surface area contributed by atoms with E-state index in [1.54, 1.807) is 6.08 Å². The minimum absolute atomic E-state index is 0.576. The lowest BCUT2D eigenvalue weighted by Gasteiger charge is -2.09. The first kappa shape index (κ1) is 8.50. The average molecular weight is 171 g/mol. The Balaban J connectivity index is 3.53. The Morgan fingerprint density at radius 2 is 2.25 bits per heavy atom. The highest BCUT2D eigenvalue weighted by atomic mass is 35.7. The van der Waals surface area contributed by atoms with Gasteiger partial charge in [-0.05, 0) is 0 Å². The van der Waals surface area contributed by atoms with Crippen LogP contribution in [0.5, 0.6) is 0 Å². The number of hydrogen-bond donors (Lipinski definition) is 0. The molecule has 0 fully saturated rings. The third-order valence-electron chi connectivity index (χ3n) is 0.681. The lowest BCUT2D eigenvalue weighted by molar-refractivity contribution is 0.430. The summed E-state index contributed by atoms with van der Waals surface area (Å²) in [6.45, 7) is 1.13. The standard InChI is InChI=1S/C4H8Cl2OSi/c1-3-4-8(5,6)7-2/h3H,1,4H2,2H3. The van der Waals surface area contributed by atoms with Gasteiger partial charge in [-0.1, -0.05) is 6.08 Å². The van der Waals surface area contributed by atoms with Crippen LogP contribution in [0, 0.1) is 0 Å². The van der Waals surface area contributed by atoms with Gasteiger partial charge in [-0.3, -0.25) is 0 Å². The SMILES string of the molecule is C=CC[Si](Cl)(Cl)OC. The summed E-state index contributed by atoms with van der Waals surface area (Å²) >= 11 is 11.3. The van der Waals surface area contributed by atoms with Crippen LogP contribution < -0.4 is 0 Å². The molecule has 0 aliphatic heterocycles. The van der Waals surface area contributed by atoms with Crippen LogP contribution >= 0.6 is 22.2 Å². The van der Waals surface area contributed by atoms with Gasteiger partial charge in [-0.15, -0.1) is 28.7 Å². The summed E-state index contributed by atoms with van der Waals surface area (Å²) in [5, 5.41) is 0. The van der Waals surface area contributed by atoms with Gasteiger partial charge in [0.15, 0.2) is 0 Å². The lowest BCUT2D eigenvalue weighted by Crippen LogP contribution is -2.20. The quantitative estimate of drug-likeness (QED) is 0.359. The molecular weight excluding hydrogens is 163 g/mol. The van der Waals surface area contributed by atoms with E-state index in [-0.39, 0.29) is 0 Å². The highest BCUT2D eigenvalue weighted by Gasteiger charge is 2.26. The molecule has 0 aromatic heterocycles. The number of hydrogen-bond acceptors (Lipinski definition) is 1. The van der Waals surface area contributed by atoms with Gasteiger partial charge in [0, 0.05) is 13.2 Å². The van der Waals surface area contributed by atoms with E-state index >= 15 is 0 Å². The van der Waals surface area contributed by atoms with E-state index in [4.69, 9.17) is 26.6 Å². The first-order valence-electron chi connectivity index (χ1n) is 2.16. The highest BCUT2D eigenvalue weighted by molar-refractivity contribution is 7.42. The maximum absolute atomic E-state index is 5.63. The summed E-state index contributed by atoms with van der Waals surface area (Å²) in [6.07, 6.45) is 1.66. The fraction of sp³-hybridized carbons (Fsp3) is 0.500. The van der Waals surface area contributed by atoms with Gasteiger partial charge in [0.1, 0.15) is 0 Å². The van der Waals surface area contributed by atoms with Crippen molar-refractivity contribution in [3.63, 3.8) is 0 Å². The molecule has 0 saturated heterocycles. The molecule has 0 heterocycles. The smallest absolute Gasteiger partial charge is 0.393 e. The molecule has 0 amide bonds. The number of halogens is 2. The van der Waals surface area contributed by atoms with Gasteiger partial charge in [0.25, 0.3) is 0 Å². The maximum atomic E-state index is 5.63. The molecule has 0 N–H and O–H groups in total. The van der Waals surface area contributed by atoms with Crippen LogP contribution in [0.25, 0.3) is 0 Å². The molecular formula is C4H8Cl2OSi. The summed E-state index contributed by atoms with van der Waals surface area (Å²) in [5.41, 5.74) is 0. The van der Waals surface area contributed by atoms with Crippen molar-refractivity contribution < 1.29 is 4.43 Å². The minimum Gasteiger partial charge on any atom is -0.395 e. The Morgan fingerprint density at radius 1 is 1.75 bits per heavy atom. The Morgan fingerprint density at radius 3 is 2.38 bits per heavy atom. The molecule has 0 aromatic rings. The zero-order chi connectivity index (χ0) is 6.62. The Labute approximate surface area is 59.8 Å². The monoisotopic (exact) mass is 170 g/mol. The predicted octanol–water partition coefficient (Wildman–Crippen LogP) is 2.24. The molecule has 48 valence electrons. The van der Waals surface area contributed by atoms with E-state index in [0.29, 0.717) is 6.04 Å². The largest absolute Gasteiger partial charge is 0.395 e. The van der Waals surface area contributed by atoms with E-state index in [2.05, 4.69) is 6.58 Å². The zero-order valence-corrected chi connectivity index (χ0v) is 7.17. The molecule has 0 atom stereocenters. The van der Waals surface area contributed by atoms with Crippen LogP contribution in [0.3, 0.4) is 0 Å². The van der Waals surface area contributed by atoms with Crippen LogP contribution in [0.1, 0.15) is 0 Å². The van der Waals surface area contributed by atoms with Crippen molar-refractivity contribution in [2.75, 3.05) is 7.11 Å². The third-order valence-corrected chi connectivity index (χ3v) is 3.89. The molecule has 0 radical (unpaired) electrons. The molecule has 0 spiro atoms. The van der Waals surface area contributed by atoms with Gasteiger partial charge >= 0.3 is 6.94 Å². The summed E-state index contributed by atoms with van der Waals surface area (Å²) < 4.78 is 4.78. The molecule has 0 aromatic carbocycles. The van der Waals surface area contributed by atoms with Crippen LogP contribution in [-0.4, -0.2) is 14.0 Å². The second-order valence-electron chi connectivity index (χ2n) is 1.33. The van der Waals surface area contributed by atoms with Gasteiger partial charge in [-0.2, -0.15) is 0 Å². The van der Waals surface area contributed by atoms with Crippen molar-refractivity contribution in [1.82, 2.24) is 0 Å². The Kier molecular flexibility index (Phi) is 3.73. The predicted molar refractivity (Wildman–Crippen MR) is 39.5 cm³/mol. The molecule has 0 aliphatic carbocycles. The number of rotatable bonds is 3. The molecule has 4 heteroatoms. The lowest BCUT2D eigenvalue weighted by atomic mass is 10.8. The fourth-order valence-electron chi connectivity index (χ4n) is 0.251. The second-order valence-corrected chi connectivity index (χ2v) is 7.67. The zero-order valence-electron chi connectivity index (χ0n) is 4.66. The molecule has 8 heavy (non-hydrogen) atoms. The molecule has 0 unspecified atom stereocenters. The summed E-state index contributed by atoms with van der Waals surface area (Å²) in [6, 6.07) is 0.576. The van der Waals surface area contributed by atoms with Gasteiger partial charge in [0.2, 0.25) is 0 Å². The van der Waals surface area contributed by atoms with Crippen molar-refractivity contribution in [3.8, 4) is 0 Å². The Bertz CT molecular complexity index is 84.1. The van der Waals surface area contributed by atoms with E-state index in [0.717, 1.165) is 0 Å². The highest BCUT2D eigenvalue weighted by Crippen LogP contribution is 2.20. The summed E-state index contributed by atoms with van der Waals surface area (Å²) in [4.78, 5) is 0. The van der Waals surface area contributed by atoms with E-state index in [1.807, 2.05) is 0 Å². The molecule has 0 bridgehead atoms. The van der Waals surface area contributed by atoms with Gasteiger partial charge < -0.3 is 4.43 Å². The molecule has 1 nitrogen and oxygen atoms in total. The van der Waals surface area contributed by atoms with E-state index in [1.165, 1.54) is 7.11 Å². The topological polar surface area (TPSA) is 9.23 Å². The van der Waals surface area contributed by atoms with Crippen LogP contribution in [-0.2, 0) is 4.43 Å². The first-order chi connectivity index (χ1) is 3.62. The normalized spacial score (nSPS) is 11.4.